The normalized spacial score (nSPS) is 12.7. The van der Waals surface area contributed by atoms with Gasteiger partial charge in [0.25, 0.3) is 0 Å². The Balaban J connectivity index is 2.47. The van der Waals surface area contributed by atoms with Crippen molar-refractivity contribution < 1.29 is 9.53 Å². The molecule has 0 unspecified atom stereocenters. The number of rotatable bonds is 10. The lowest BCUT2D eigenvalue weighted by atomic mass is 9.93. The highest BCUT2D eigenvalue weighted by Gasteiger charge is 2.21. The van der Waals surface area contributed by atoms with Crippen LogP contribution in [0.4, 0.5) is 10.6 Å². The minimum Gasteiger partial charge on any atom is -0.383 e. The van der Waals surface area contributed by atoms with E-state index >= 15 is 0 Å². The Labute approximate surface area is 139 Å². The van der Waals surface area contributed by atoms with Crippen LogP contribution in [0.3, 0.4) is 0 Å². The third-order valence-corrected chi connectivity index (χ3v) is 4.13. The summed E-state index contributed by atoms with van der Waals surface area (Å²) in [6, 6.07) is 1.88. The van der Waals surface area contributed by atoms with E-state index in [9.17, 15) is 4.79 Å². The van der Waals surface area contributed by atoms with Crippen molar-refractivity contribution in [2.24, 2.45) is 5.92 Å². The third-order valence-electron chi connectivity index (χ3n) is 4.13. The molecule has 1 aromatic rings. The number of anilines is 1. The van der Waals surface area contributed by atoms with Crippen molar-refractivity contribution >= 4 is 11.8 Å². The van der Waals surface area contributed by atoms with E-state index in [-0.39, 0.29) is 6.03 Å². The molecule has 2 N–H and O–H groups in total. The second kappa shape index (κ2) is 10.2. The molecule has 7 heteroatoms. The molecule has 0 bridgehead atoms. The average molecular weight is 325 g/mol. The Morgan fingerprint density at radius 3 is 2.65 bits per heavy atom. The quantitative estimate of drug-likeness (QED) is 0.690. The van der Waals surface area contributed by atoms with Crippen LogP contribution in [-0.4, -0.2) is 61.1 Å². The minimum absolute atomic E-state index is 0.222. The molecule has 2 amide bonds. The third kappa shape index (κ3) is 6.58. The van der Waals surface area contributed by atoms with E-state index < -0.39 is 0 Å². The molecule has 0 aliphatic rings. The van der Waals surface area contributed by atoms with E-state index in [2.05, 4.69) is 48.6 Å². The summed E-state index contributed by atoms with van der Waals surface area (Å²) in [6.07, 6.45) is 4.03. The van der Waals surface area contributed by atoms with Crippen molar-refractivity contribution in [3.8, 4) is 0 Å². The lowest BCUT2D eigenvalue weighted by Gasteiger charge is -2.31. The summed E-state index contributed by atoms with van der Waals surface area (Å²) in [5.41, 5.74) is 0. The van der Waals surface area contributed by atoms with E-state index in [1.54, 1.807) is 17.9 Å². The van der Waals surface area contributed by atoms with Gasteiger partial charge in [-0.2, -0.15) is 5.10 Å². The van der Waals surface area contributed by atoms with Crippen LogP contribution >= 0.6 is 0 Å². The molecule has 0 saturated carbocycles. The zero-order chi connectivity index (χ0) is 17.2. The number of nitrogens with zero attached hydrogens (tertiary/aromatic N) is 3. The van der Waals surface area contributed by atoms with Crippen molar-refractivity contribution in [2.45, 2.75) is 39.3 Å². The predicted octanol–water partition coefficient (Wildman–Crippen LogP) is 2.02. The maximum atomic E-state index is 12.0. The predicted molar refractivity (Wildman–Crippen MR) is 92.7 cm³/mol. The molecule has 0 aliphatic carbocycles. The van der Waals surface area contributed by atoms with Crippen molar-refractivity contribution in [3.63, 3.8) is 0 Å². The number of urea groups is 1. The van der Waals surface area contributed by atoms with Crippen LogP contribution in [0.15, 0.2) is 12.3 Å². The van der Waals surface area contributed by atoms with E-state index in [4.69, 9.17) is 4.74 Å². The van der Waals surface area contributed by atoms with Gasteiger partial charge in [0.05, 0.1) is 13.2 Å². The van der Waals surface area contributed by atoms with Gasteiger partial charge >= 0.3 is 6.03 Å². The molecule has 23 heavy (non-hydrogen) atoms. The van der Waals surface area contributed by atoms with Crippen molar-refractivity contribution in [1.82, 2.24) is 20.0 Å². The van der Waals surface area contributed by atoms with Gasteiger partial charge in [-0.1, -0.05) is 26.7 Å². The summed E-state index contributed by atoms with van der Waals surface area (Å²) in [7, 11) is 5.76. The first-order chi connectivity index (χ1) is 11.0. The Hall–Kier alpha value is -1.60. The van der Waals surface area contributed by atoms with Crippen molar-refractivity contribution in [2.75, 3.05) is 39.7 Å². The second-order valence-electron chi connectivity index (χ2n) is 5.90. The topological polar surface area (TPSA) is 71.4 Å². The van der Waals surface area contributed by atoms with Gasteiger partial charge in [0.15, 0.2) is 5.82 Å². The van der Waals surface area contributed by atoms with Gasteiger partial charge in [-0.15, -0.1) is 0 Å². The number of amides is 2. The first-order valence-electron chi connectivity index (χ1n) is 8.25. The highest BCUT2D eigenvalue weighted by atomic mass is 16.5. The highest BCUT2D eigenvalue weighted by Crippen LogP contribution is 2.16. The Bertz CT molecular complexity index is 457. The Kier molecular flexibility index (Phi) is 8.65. The maximum Gasteiger partial charge on any atom is 0.320 e. The number of aromatic nitrogens is 2. The highest BCUT2D eigenvalue weighted by molar-refractivity contribution is 5.88. The van der Waals surface area contributed by atoms with E-state index in [1.165, 1.54) is 0 Å². The van der Waals surface area contributed by atoms with Crippen molar-refractivity contribution in [3.05, 3.63) is 12.3 Å². The van der Waals surface area contributed by atoms with Gasteiger partial charge in [0.1, 0.15) is 0 Å². The lowest BCUT2D eigenvalue weighted by Crippen LogP contribution is -2.45. The second-order valence-corrected chi connectivity index (χ2v) is 5.90. The van der Waals surface area contributed by atoms with Crippen LogP contribution in [0.1, 0.15) is 26.7 Å². The summed E-state index contributed by atoms with van der Waals surface area (Å²) in [5.74, 6) is 1.11. The molecule has 1 atom stereocenters. The molecule has 0 fully saturated rings. The Morgan fingerprint density at radius 1 is 1.39 bits per heavy atom. The molecule has 132 valence electrons. The zero-order valence-corrected chi connectivity index (χ0v) is 15.0. The number of carbonyl (C=O) groups is 1. The largest absolute Gasteiger partial charge is 0.383 e. The lowest BCUT2D eigenvalue weighted by molar-refractivity contribution is 0.183. The van der Waals surface area contributed by atoms with Crippen LogP contribution < -0.4 is 10.6 Å². The van der Waals surface area contributed by atoms with Crippen molar-refractivity contribution in [1.29, 1.82) is 0 Å². The fourth-order valence-corrected chi connectivity index (χ4v) is 2.70. The summed E-state index contributed by atoms with van der Waals surface area (Å²) >= 11 is 0. The molecule has 1 heterocycles. The molecule has 0 saturated heterocycles. The van der Waals surface area contributed by atoms with E-state index in [0.29, 0.717) is 37.5 Å². The molecule has 7 nitrogen and oxygen atoms in total. The average Bonchev–Trinajstić information content (AvgIpc) is 2.96. The van der Waals surface area contributed by atoms with E-state index in [0.717, 1.165) is 12.8 Å². The minimum atomic E-state index is -0.222. The molecule has 0 aromatic carbocycles. The molecule has 1 rings (SSSR count). The monoisotopic (exact) mass is 325 g/mol. The van der Waals surface area contributed by atoms with Gasteiger partial charge in [-0.25, -0.2) is 4.79 Å². The smallest absolute Gasteiger partial charge is 0.320 e. The van der Waals surface area contributed by atoms with Gasteiger partial charge in [0.2, 0.25) is 0 Å². The van der Waals surface area contributed by atoms with Crippen LogP contribution in [0, 0.1) is 5.92 Å². The summed E-state index contributed by atoms with van der Waals surface area (Å²) in [4.78, 5) is 14.2. The van der Waals surface area contributed by atoms with Gasteiger partial charge in [0, 0.05) is 32.0 Å². The van der Waals surface area contributed by atoms with Crippen LogP contribution in [0.5, 0.6) is 0 Å². The molecule has 0 radical (unpaired) electrons. The number of nitrogens with one attached hydrogen (secondary N) is 2. The fraction of sp³-hybridized carbons (Fsp3) is 0.750. The zero-order valence-electron chi connectivity index (χ0n) is 15.0. The fourth-order valence-electron chi connectivity index (χ4n) is 2.70. The summed E-state index contributed by atoms with van der Waals surface area (Å²) in [6.45, 7) is 6.26. The van der Waals surface area contributed by atoms with Gasteiger partial charge in [-0.3, -0.25) is 10.00 Å². The molecule has 0 spiro atoms. The Morgan fingerprint density at radius 2 is 2.09 bits per heavy atom. The number of ether oxygens (including phenoxy) is 1. The number of hydrogen-bond acceptors (Lipinski definition) is 4. The van der Waals surface area contributed by atoms with Crippen LogP contribution in [-0.2, 0) is 11.3 Å². The number of hydrogen-bond donors (Lipinski definition) is 2. The van der Waals surface area contributed by atoms with Gasteiger partial charge in [-0.05, 0) is 20.0 Å². The number of carbonyl (C=O) groups excluding carboxylic acids is 1. The first kappa shape index (κ1) is 19.4. The van der Waals surface area contributed by atoms with Crippen LogP contribution in [0.2, 0.25) is 0 Å². The summed E-state index contributed by atoms with van der Waals surface area (Å²) < 4.78 is 6.74. The number of methoxy groups -OCH3 is 1. The standard InChI is InChI=1S/C16H31N5O2/c1-6-13(7-2)14(20(3)4)12-17-16(22)18-15-8-9-21(19-15)10-11-23-5/h8-9,13-14H,6-7,10-12H2,1-5H3,(H2,17,18,19,22)/t14-/m0/s1. The molecular formula is C16H31N5O2. The summed E-state index contributed by atoms with van der Waals surface area (Å²) in [5, 5.41) is 9.99. The molecule has 1 aromatic heterocycles. The SMILES string of the molecule is CCC(CC)[C@H](CNC(=O)Nc1ccn(CCOC)n1)N(C)C. The van der Waals surface area contributed by atoms with E-state index in [1.807, 2.05) is 6.20 Å². The number of likely N-dealkylation sites (N-methyl/N-ethyl adjacent to an activating group) is 1. The molecule has 0 aliphatic heterocycles. The first-order valence-corrected chi connectivity index (χ1v) is 8.25. The van der Waals surface area contributed by atoms with Crippen LogP contribution in [0.25, 0.3) is 0 Å². The van der Waals surface area contributed by atoms with Gasteiger partial charge < -0.3 is 15.0 Å². The molecular weight excluding hydrogens is 294 g/mol. The maximum absolute atomic E-state index is 12.0.